The fourth-order valence-corrected chi connectivity index (χ4v) is 7.94. The van der Waals surface area contributed by atoms with E-state index in [2.05, 4.69) is 15.7 Å². The zero-order valence-corrected chi connectivity index (χ0v) is 24.5. The average Bonchev–Trinajstić information content (AvgIpc) is 3.46. The van der Waals surface area contributed by atoms with E-state index in [1.165, 1.54) is 6.07 Å². The van der Waals surface area contributed by atoms with E-state index >= 15 is 4.39 Å². The summed E-state index contributed by atoms with van der Waals surface area (Å²) in [7, 11) is 0. The monoisotopic (exact) mass is 596 g/mol. The summed E-state index contributed by atoms with van der Waals surface area (Å²) >= 11 is 0. The first-order valence-electron chi connectivity index (χ1n) is 15.6. The molecule has 2 aromatic carbocycles. The van der Waals surface area contributed by atoms with Crippen molar-refractivity contribution in [1.82, 2.24) is 19.9 Å². The van der Waals surface area contributed by atoms with Crippen LogP contribution in [0.15, 0.2) is 24.3 Å². The van der Waals surface area contributed by atoms with Gasteiger partial charge in [-0.15, -0.1) is 6.42 Å². The Labute approximate surface area is 254 Å². The van der Waals surface area contributed by atoms with Crippen molar-refractivity contribution in [1.29, 1.82) is 0 Å². The Bertz CT molecular complexity index is 1850. The van der Waals surface area contributed by atoms with Crippen molar-refractivity contribution in [3.63, 3.8) is 0 Å². The van der Waals surface area contributed by atoms with Gasteiger partial charge in [-0.05, 0) is 81.6 Å². The Balaban J connectivity index is 1.34. The predicted octanol–water partition coefficient (Wildman–Crippen LogP) is 5.24. The highest BCUT2D eigenvalue weighted by Crippen LogP contribution is 2.43. The standard InChI is InChI=1S/C34H34F2N6O2/c1-2-23-25(35)8-6-20-16-21(37)17-24(27(20)23)30-29(36)31-28-26(38-30)9-7-22-18-43-15-5-14-42(22)32(28)40-33(39-31)44-19-34-10-3-12-41(34)13-4-11-34/h1,6,8,16-17,22H,3-5,7,9-15,18-19,37H2. The highest BCUT2D eigenvalue weighted by Gasteiger charge is 2.45. The molecule has 2 aromatic heterocycles. The molecule has 44 heavy (non-hydrogen) atoms. The van der Waals surface area contributed by atoms with E-state index in [0.29, 0.717) is 65.2 Å². The molecule has 4 aliphatic rings. The summed E-state index contributed by atoms with van der Waals surface area (Å²) in [5.74, 6) is 1.89. The molecule has 3 fully saturated rings. The molecule has 1 unspecified atom stereocenters. The lowest BCUT2D eigenvalue weighted by Crippen LogP contribution is -2.43. The van der Waals surface area contributed by atoms with Crippen LogP contribution >= 0.6 is 0 Å². The van der Waals surface area contributed by atoms with Crippen molar-refractivity contribution in [2.45, 2.75) is 56.5 Å². The highest BCUT2D eigenvalue weighted by atomic mass is 19.1. The first kappa shape index (κ1) is 27.5. The van der Waals surface area contributed by atoms with Crippen molar-refractivity contribution in [3.8, 4) is 29.6 Å². The topological polar surface area (TPSA) is 89.6 Å². The molecule has 0 amide bonds. The molecule has 226 valence electrons. The molecule has 10 heteroatoms. The van der Waals surface area contributed by atoms with Crippen molar-refractivity contribution in [3.05, 3.63) is 47.2 Å². The molecule has 2 N–H and O–H groups in total. The van der Waals surface area contributed by atoms with E-state index in [0.717, 1.165) is 58.2 Å². The molecular weight excluding hydrogens is 562 g/mol. The maximum Gasteiger partial charge on any atom is 0.319 e. The number of nitrogen functional groups attached to an aromatic ring is 1. The molecule has 6 heterocycles. The Hall–Kier alpha value is -4.07. The number of nitrogens with zero attached hydrogens (tertiary/aromatic N) is 5. The summed E-state index contributed by atoms with van der Waals surface area (Å²) in [6, 6.07) is 6.42. The quantitative estimate of drug-likeness (QED) is 0.253. The van der Waals surface area contributed by atoms with Crippen molar-refractivity contribution in [2.75, 3.05) is 50.1 Å². The fraction of sp³-hybridized carbons (Fsp3) is 0.441. The molecule has 1 atom stereocenters. The number of terminal acetylenes is 1. The van der Waals surface area contributed by atoms with Crippen molar-refractivity contribution < 1.29 is 18.3 Å². The number of benzene rings is 2. The number of fused-ring (bicyclic) bond motifs is 4. The smallest absolute Gasteiger partial charge is 0.319 e. The predicted molar refractivity (Wildman–Crippen MR) is 166 cm³/mol. The van der Waals surface area contributed by atoms with Crippen LogP contribution in [-0.2, 0) is 11.2 Å². The highest BCUT2D eigenvalue weighted by molar-refractivity contribution is 6.04. The minimum absolute atomic E-state index is 0.0191. The van der Waals surface area contributed by atoms with Gasteiger partial charge >= 0.3 is 6.01 Å². The van der Waals surface area contributed by atoms with Crippen LogP contribution < -0.4 is 15.4 Å². The lowest BCUT2D eigenvalue weighted by molar-refractivity contribution is 0.108. The lowest BCUT2D eigenvalue weighted by atomic mass is 9.95. The van der Waals surface area contributed by atoms with Crippen LogP contribution in [0.4, 0.5) is 20.3 Å². The molecule has 4 aliphatic heterocycles. The second kappa shape index (κ2) is 10.5. The zero-order chi connectivity index (χ0) is 30.0. The van der Waals surface area contributed by atoms with E-state index in [-0.39, 0.29) is 34.4 Å². The third-order valence-electron chi connectivity index (χ3n) is 10.0. The molecule has 0 aliphatic carbocycles. The number of aromatic nitrogens is 3. The molecule has 3 saturated heterocycles. The molecular formula is C34H34F2N6O2. The Morgan fingerprint density at radius 3 is 2.73 bits per heavy atom. The van der Waals surface area contributed by atoms with Gasteiger partial charge < -0.3 is 20.1 Å². The number of anilines is 2. The van der Waals surface area contributed by atoms with Crippen LogP contribution in [0.1, 0.15) is 49.8 Å². The van der Waals surface area contributed by atoms with Gasteiger partial charge in [-0.25, -0.2) is 13.8 Å². The molecule has 0 saturated carbocycles. The number of pyridine rings is 1. The van der Waals surface area contributed by atoms with Crippen LogP contribution in [0, 0.1) is 24.0 Å². The largest absolute Gasteiger partial charge is 0.461 e. The van der Waals surface area contributed by atoms with E-state index in [1.807, 2.05) is 0 Å². The normalized spacial score (nSPS) is 21.1. The number of ether oxygens (including phenoxy) is 2. The van der Waals surface area contributed by atoms with Gasteiger partial charge in [0.15, 0.2) is 5.82 Å². The summed E-state index contributed by atoms with van der Waals surface area (Å²) < 4.78 is 44.3. The Kier molecular flexibility index (Phi) is 6.58. The van der Waals surface area contributed by atoms with Crippen molar-refractivity contribution in [2.24, 2.45) is 0 Å². The van der Waals surface area contributed by atoms with Gasteiger partial charge in [0, 0.05) is 29.8 Å². The molecule has 0 spiro atoms. The van der Waals surface area contributed by atoms with Gasteiger partial charge in [0.2, 0.25) is 0 Å². The van der Waals surface area contributed by atoms with Gasteiger partial charge in [0.25, 0.3) is 0 Å². The summed E-state index contributed by atoms with van der Waals surface area (Å²) in [5.41, 5.74) is 7.87. The third-order valence-corrected chi connectivity index (χ3v) is 10.0. The minimum atomic E-state index is -0.637. The van der Waals surface area contributed by atoms with Crippen LogP contribution in [0.25, 0.3) is 32.9 Å². The van der Waals surface area contributed by atoms with Crippen LogP contribution in [-0.4, -0.2) is 70.9 Å². The summed E-state index contributed by atoms with van der Waals surface area (Å²) in [4.78, 5) is 19.3. The number of halogens is 2. The van der Waals surface area contributed by atoms with E-state index in [9.17, 15) is 4.39 Å². The second-order valence-corrected chi connectivity index (χ2v) is 12.5. The number of hydrogen-bond donors (Lipinski definition) is 1. The third kappa shape index (κ3) is 4.28. The Morgan fingerprint density at radius 1 is 1.07 bits per heavy atom. The van der Waals surface area contributed by atoms with Gasteiger partial charge in [-0.1, -0.05) is 12.0 Å². The van der Waals surface area contributed by atoms with Crippen molar-refractivity contribution >= 4 is 33.2 Å². The molecule has 0 bridgehead atoms. The van der Waals surface area contributed by atoms with E-state index in [4.69, 9.17) is 36.6 Å². The second-order valence-electron chi connectivity index (χ2n) is 12.5. The van der Waals surface area contributed by atoms with E-state index in [1.54, 1.807) is 18.2 Å². The fourth-order valence-electron chi connectivity index (χ4n) is 7.94. The summed E-state index contributed by atoms with van der Waals surface area (Å²) in [6.45, 7) is 4.54. The minimum Gasteiger partial charge on any atom is -0.461 e. The summed E-state index contributed by atoms with van der Waals surface area (Å²) in [5, 5.41) is 1.58. The lowest BCUT2D eigenvalue weighted by Gasteiger charge is -2.32. The van der Waals surface area contributed by atoms with Gasteiger partial charge in [-0.2, -0.15) is 9.97 Å². The van der Waals surface area contributed by atoms with Crippen LogP contribution in [0.2, 0.25) is 0 Å². The SMILES string of the molecule is C#Cc1c(F)ccc2cc(N)cc(-c3nc4c5c(nc(OCC67CCCN6CCC7)nc5c3F)N3CCCOCC3CC4)c12. The first-order valence-corrected chi connectivity index (χ1v) is 15.6. The maximum atomic E-state index is 17.0. The average molecular weight is 597 g/mol. The maximum absolute atomic E-state index is 17.0. The summed E-state index contributed by atoms with van der Waals surface area (Å²) in [6.07, 6.45) is 12.3. The first-order chi connectivity index (χ1) is 21.5. The van der Waals surface area contributed by atoms with Gasteiger partial charge in [0.05, 0.1) is 34.8 Å². The molecule has 0 radical (unpaired) electrons. The number of hydrogen-bond acceptors (Lipinski definition) is 8. The van der Waals surface area contributed by atoms with Gasteiger partial charge in [0.1, 0.15) is 29.5 Å². The Morgan fingerprint density at radius 2 is 1.91 bits per heavy atom. The van der Waals surface area contributed by atoms with Crippen LogP contribution in [0.3, 0.4) is 0 Å². The molecule has 4 aromatic rings. The number of rotatable bonds is 4. The molecule has 8 rings (SSSR count). The number of nitrogens with two attached hydrogens (primary N) is 1. The number of aryl methyl sites for hydroxylation is 1. The van der Waals surface area contributed by atoms with Gasteiger partial charge in [-0.3, -0.25) is 4.90 Å². The zero-order valence-electron chi connectivity index (χ0n) is 24.5. The van der Waals surface area contributed by atoms with E-state index < -0.39 is 11.6 Å². The van der Waals surface area contributed by atoms with Crippen LogP contribution in [0.5, 0.6) is 6.01 Å². The molecule has 8 nitrogen and oxygen atoms in total.